The van der Waals surface area contributed by atoms with Crippen molar-refractivity contribution in [3.63, 3.8) is 0 Å². The minimum Gasteiger partial charge on any atom is -0.484 e. The predicted octanol–water partition coefficient (Wildman–Crippen LogP) is 1.38. The standard InChI is InChI=1S/C18H24N2O4/c1-18(2)12-20(8-9-24-18)16(21)11-23-14-5-6-15-13(10-14)4-3-7-19-17(15)22/h5-6,10H,3-4,7-9,11-12H2,1-2H3,(H,19,22). The van der Waals surface area contributed by atoms with Gasteiger partial charge in [0.25, 0.3) is 11.8 Å². The molecule has 2 amide bonds. The Balaban J connectivity index is 1.61. The zero-order valence-corrected chi connectivity index (χ0v) is 14.3. The monoisotopic (exact) mass is 332 g/mol. The fourth-order valence-corrected chi connectivity index (χ4v) is 3.13. The molecule has 0 aromatic heterocycles. The van der Waals surface area contributed by atoms with Crippen molar-refractivity contribution in [2.24, 2.45) is 0 Å². The Kier molecular flexibility index (Phi) is 4.76. The lowest BCUT2D eigenvalue weighted by atomic mass is 10.0. The van der Waals surface area contributed by atoms with Gasteiger partial charge >= 0.3 is 0 Å². The molecule has 0 spiro atoms. The molecule has 3 rings (SSSR count). The van der Waals surface area contributed by atoms with Gasteiger partial charge in [-0.3, -0.25) is 9.59 Å². The summed E-state index contributed by atoms with van der Waals surface area (Å²) in [6.07, 6.45) is 1.74. The van der Waals surface area contributed by atoms with Crippen LogP contribution in [-0.4, -0.2) is 55.2 Å². The SMILES string of the molecule is CC1(C)CN(C(=O)COc2ccc3c(c2)CCCNC3=O)CCO1. The smallest absolute Gasteiger partial charge is 0.260 e. The number of aryl methyl sites for hydroxylation is 1. The molecule has 6 nitrogen and oxygen atoms in total. The van der Waals surface area contributed by atoms with Crippen molar-refractivity contribution in [2.75, 3.05) is 32.8 Å². The molecule has 1 fully saturated rings. The summed E-state index contributed by atoms with van der Waals surface area (Å²) in [6, 6.07) is 5.39. The van der Waals surface area contributed by atoms with Gasteiger partial charge in [0.15, 0.2) is 6.61 Å². The molecule has 6 heteroatoms. The maximum atomic E-state index is 12.3. The van der Waals surface area contributed by atoms with E-state index in [4.69, 9.17) is 9.47 Å². The van der Waals surface area contributed by atoms with Crippen molar-refractivity contribution in [3.05, 3.63) is 29.3 Å². The summed E-state index contributed by atoms with van der Waals surface area (Å²) < 4.78 is 11.3. The quantitative estimate of drug-likeness (QED) is 0.908. The van der Waals surface area contributed by atoms with E-state index in [9.17, 15) is 9.59 Å². The molecule has 1 saturated heterocycles. The maximum absolute atomic E-state index is 12.3. The normalized spacial score (nSPS) is 19.9. The van der Waals surface area contributed by atoms with Gasteiger partial charge in [0, 0.05) is 25.2 Å². The zero-order valence-electron chi connectivity index (χ0n) is 14.3. The highest BCUT2D eigenvalue weighted by Gasteiger charge is 2.30. The second-order valence-electron chi connectivity index (χ2n) is 6.89. The van der Waals surface area contributed by atoms with E-state index in [0.717, 1.165) is 18.4 Å². The Morgan fingerprint density at radius 3 is 3.04 bits per heavy atom. The molecule has 1 aromatic carbocycles. The van der Waals surface area contributed by atoms with Gasteiger partial charge in [-0.25, -0.2) is 0 Å². The lowest BCUT2D eigenvalue weighted by Gasteiger charge is -2.38. The Labute approximate surface area is 142 Å². The van der Waals surface area contributed by atoms with Gasteiger partial charge in [-0.05, 0) is 50.5 Å². The lowest BCUT2D eigenvalue weighted by molar-refractivity contribution is -0.147. The molecule has 1 N–H and O–H groups in total. The van der Waals surface area contributed by atoms with Crippen molar-refractivity contribution >= 4 is 11.8 Å². The van der Waals surface area contributed by atoms with Crippen molar-refractivity contribution in [1.82, 2.24) is 10.2 Å². The average Bonchev–Trinajstić information content (AvgIpc) is 2.73. The first-order valence-electron chi connectivity index (χ1n) is 8.40. The number of hydrogen-bond donors (Lipinski definition) is 1. The van der Waals surface area contributed by atoms with Crippen molar-refractivity contribution in [2.45, 2.75) is 32.3 Å². The van der Waals surface area contributed by atoms with Crippen LogP contribution in [0.5, 0.6) is 5.75 Å². The molecule has 0 bridgehead atoms. The van der Waals surface area contributed by atoms with Crippen LogP contribution in [0.1, 0.15) is 36.2 Å². The molecule has 0 unspecified atom stereocenters. The van der Waals surface area contributed by atoms with Crippen LogP contribution >= 0.6 is 0 Å². The summed E-state index contributed by atoms with van der Waals surface area (Å²) in [4.78, 5) is 26.0. The number of fused-ring (bicyclic) bond motifs is 1. The number of carbonyl (C=O) groups excluding carboxylic acids is 2. The van der Waals surface area contributed by atoms with Gasteiger partial charge in [-0.15, -0.1) is 0 Å². The number of rotatable bonds is 3. The Hall–Kier alpha value is -2.08. The molecule has 0 aliphatic carbocycles. The molecule has 130 valence electrons. The fourth-order valence-electron chi connectivity index (χ4n) is 3.13. The van der Waals surface area contributed by atoms with Gasteiger partial charge in [0.1, 0.15) is 5.75 Å². The summed E-state index contributed by atoms with van der Waals surface area (Å²) in [7, 11) is 0. The highest BCUT2D eigenvalue weighted by molar-refractivity contribution is 5.96. The number of benzene rings is 1. The number of hydrogen-bond acceptors (Lipinski definition) is 4. The summed E-state index contributed by atoms with van der Waals surface area (Å²) in [6.45, 7) is 6.36. The van der Waals surface area contributed by atoms with Crippen LogP contribution in [-0.2, 0) is 16.0 Å². The maximum Gasteiger partial charge on any atom is 0.260 e. The van der Waals surface area contributed by atoms with Gasteiger partial charge in [-0.2, -0.15) is 0 Å². The lowest BCUT2D eigenvalue weighted by Crippen LogP contribution is -2.51. The second kappa shape index (κ2) is 6.81. The molecule has 0 radical (unpaired) electrons. The van der Waals surface area contributed by atoms with E-state index in [-0.39, 0.29) is 24.0 Å². The van der Waals surface area contributed by atoms with E-state index in [1.54, 1.807) is 17.0 Å². The Bertz CT molecular complexity index is 642. The van der Waals surface area contributed by atoms with Gasteiger partial charge in [-0.1, -0.05) is 0 Å². The van der Waals surface area contributed by atoms with Crippen molar-refractivity contribution in [1.29, 1.82) is 0 Å². The number of amides is 2. The molecule has 24 heavy (non-hydrogen) atoms. The molecular formula is C18H24N2O4. The average molecular weight is 332 g/mol. The topological polar surface area (TPSA) is 67.9 Å². The minimum absolute atomic E-state index is 0.00105. The van der Waals surface area contributed by atoms with Crippen molar-refractivity contribution in [3.8, 4) is 5.75 Å². The zero-order chi connectivity index (χ0) is 17.2. The van der Waals surface area contributed by atoms with Gasteiger partial charge < -0.3 is 19.7 Å². The van der Waals surface area contributed by atoms with Crippen LogP contribution in [0.25, 0.3) is 0 Å². The number of morpholine rings is 1. The summed E-state index contributed by atoms with van der Waals surface area (Å²) in [5, 5.41) is 2.87. The third-order valence-electron chi connectivity index (χ3n) is 4.37. The van der Waals surface area contributed by atoms with Crippen LogP contribution in [0.2, 0.25) is 0 Å². The minimum atomic E-state index is -0.314. The number of nitrogens with one attached hydrogen (secondary N) is 1. The largest absolute Gasteiger partial charge is 0.484 e. The molecule has 2 aliphatic heterocycles. The Morgan fingerprint density at radius 1 is 1.42 bits per heavy atom. The van der Waals surface area contributed by atoms with E-state index in [1.165, 1.54) is 0 Å². The van der Waals surface area contributed by atoms with E-state index < -0.39 is 0 Å². The highest BCUT2D eigenvalue weighted by Crippen LogP contribution is 2.22. The molecule has 0 saturated carbocycles. The summed E-state index contributed by atoms with van der Waals surface area (Å²) in [5.74, 6) is 0.545. The molecule has 2 heterocycles. The molecule has 2 aliphatic rings. The van der Waals surface area contributed by atoms with Gasteiger partial charge in [0.05, 0.1) is 12.2 Å². The number of ether oxygens (including phenoxy) is 2. The van der Waals surface area contributed by atoms with Crippen LogP contribution in [0.4, 0.5) is 0 Å². The van der Waals surface area contributed by atoms with E-state index >= 15 is 0 Å². The first-order chi connectivity index (χ1) is 11.4. The summed E-state index contributed by atoms with van der Waals surface area (Å²) in [5.41, 5.74) is 1.36. The van der Waals surface area contributed by atoms with E-state index in [1.807, 2.05) is 19.9 Å². The van der Waals surface area contributed by atoms with Crippen LogP contribution in [0.3, 0.4) is 0 Å². The molecule has 1 aromatic rings. The predicted molar refractivity (Wildman–Crippen MR) is 89.2 cm³/mol. The van der Waals surface area contributed by atoms with Crippen LogP contribution < -0.4 is 10.1 Å². The molecule has 0 atom stereocenters. The van der Waals surface area contributed by atoms with Crippen LogP contribution in [0, 0.1) is 0 Å². The van der Waals surface area contributed by atoms with Crippen molar-refractivity contribution < 1.29 is 19.1 Å². The Morgan fingerprint density at radius 2 is 2.25 bits per heavy atom. The fraction of sp³-hybridized carbons (Fsp3) is 0.556. The first-order valence-corrected chi connectivity index (χ1v) is 8.40. The number of carbonyl (C=O) groups is 2. The molecular weight excluding hydrogens is 308 g/mol. The first kappa shape index (κ1) is 16.8. The number of nitrogens with zero attached hydrogens (tertiary/aromatic N) is 1. The van der Waals surface area contributed by atoms with E-state index in [0.29, 0.717) is 37.6 Å². The summed E-state index contributed by atoms with van der Waals surface area (Å²) >= 11 is 0. The third kappa shape index (κ3) is 3.87. The van der Waals surface area contributed by atoms with Crippen LogP contribution in [0.15, 0.2) is 18.2 Å². The van der Waals surface area contributed by atoms with Gasteiger partial charge in [0.2, 0.25) is 0 Å². The van der Waals surface area contributed by atoms with E-state index in [2.05, 4.69) is 5.32 Å². The third-order valence-corrected chi connectivity index (χ3v) is 4.37. The highest BCUT2D eigenvalue weighted by atomic mass is 16.5. The second-order valence-corrected chi connectivity index (χ2v) is 6.89.